The van der Waals surface area contributed by atoms with Crippen molar-refractivity contribution in [3.63, 3.8) is 0 Å². The van der Waals surface area contributed by atoms with E-state index in [2.05, 4.69) is 31.7 Å². The zero-order chi connectivity index (χ0) is 21.6. The van der Waals surface area contributed by atoms with Gasteiger partial charge in [-0.2, -0.15) is 10.2 Å². The predicted molar refractivity (Wildman–Crippen MR) is 122 cm³/mol. The molecule has 2 rings (SSSR count). The lowest BCUT2D eigenvalue weighted by atomic mass is 10.2. The van der Waals surface area contributed by atoms with E-state index in [1.807, 2.05) is 62.4 Å². The van der Waals surface area contributed by atoms with Crippen LogP contribution in [0.15, 0.2) is 58.7 Å². The normalized spacial score (nSPS) is 10.9. The topological polar surface area (TPSA) is 107 Å². The van der Waals surface area contributed by atoms with Crippen LogP contribution in [0.2, 0.25) is 0 Å². The number of rotatable bonds is 11. The highest BCUT2D eigenvalue weighted by Crippen LogP contribution is 2.08. The first kappa shape index (κ1) is 22.6. The van der Waals surface area contributed by atoms with E-state index in [4.69, 9.17) is 0 Å². The van der Waals surface area contributed by atoms with Crippen molar-refractivity contribution < 1.29 is 9.59 Å². The van der Waals surface area contributed by atoms with Crippen molar-refractivity contribution >= 4 is 35.6 Å². The Bertz CT molecular complexity index is 787. The van der Waals surface area contributed by atoms with E-state index in [-0.39, 0.29) is 24.7 Å². The van der Waals surface area contributed by atoms with Crippen molar-refractivity contribution in [3.8, 4) is 0 Å². The molecule has 2 amide bonds. The molecule has 8 heteroatoms. The molecule has 0 bridgehead atoms. The summed E-state index contributed by atoms with van der Waals surface area (Å²) in [4.78, 5) is 23.4. The highest BCUT2D eigenvalue weighted by Gasteiger charge is 2.00. The standard InChI is InChI=1S/C22H28N6O2/c1-17-3-7-19(8-4-17)23-13-11-21(29)27-25-15-16-26-28-22(30)12-14-24-20-9-5-18(2)6-10-20/h3-10,15-16,23-24H,11-14H2,1-2H3,(H,27,29)(H,28,30)/b25-15+,26-16+. The van der Waals surface area contributed by atoms with E-state index in [1.165, 1.54) is 23.6 Å². The van der Waals surface area contributed by atoms with Crippen LogP contribution >= 0.6 is 0 Å². The van der Waals surface area contributed by atoms with E-state index in [0.717, 1.165) is 11.4 Å². The summed E-state index contributed by atoms with van der Waals surface area (Å²) in [7, 11) is 0. The first-order valence-corrected chi connectivity index (χ1v) is 9.76. The molecule has 4 N–H and O–H groups in total. The van der Waals surface area contributed by atoms with Crippen LogP contribution in [0.25, 0.3) is 0 Å². The Morgan fingerprint density at radius 1 is 0.700 bits per heavy atom. The Kier molecular flexibility index (Phi) is 9.58. The molecule has 0 aliphatic carbocycles. The van der Waals surface area contributed by atoms with Crippen molar-refractivity contribution in [2.45, 2.75) is 26.7 Å². The highest BCUT2D eigenvalue weighted by molar-refractivity contribution is 6.16. The van der Waals surface area contributed by atoms with Crippen molar-refractivity contribution in [2.24, 2.45) is 10.2 Å². The summed E-state index contributed by atoms with van der Waals surface area (Å²) in [5.41, 5.74) is 9.10. The van der Waals surface area contributed by atoms with Crippen LogP contribution in [0.3, 0.4) is 0 Å². The molecule has 0 saturated heterocycles. The molecule has 0 heterocycles. The molecule has 0 radical (unpaired) electrons. The van der Waals surface area contributed by atoms with Gasteiger partial charge in [-0.3, -0.25) is 9.59 Å². The molecule has 2 aromatic carbocycles. The monoisotopic (exact) mass is 408 g/mol. The molecule has 0 aliphatic rings. The van der Waals surface area contributed by atoms with Crippen LogP contribution in [0, 0.1) is 13.8 Å². The van der Waals surface area contributed by atoms with E-state index in [9.17, 15) is 9.59 Å². The summed E-state index contributed by atoms with van der Waals surface area (Å²) in [6.07, 6.45) is 3.17. The first-order chi connectivity index (χ1) is 14.5. The van der Waals surface area contributed by atoms with Gasteiger partial charge in [0.25, 0.3) is 0 Å². The molecule has 0 saturated carbocycles. The number of aryl methyl sites for hydroxylation is 2. The molecular formula is C22H28N6O2. The van der Waals surface area contributed by atoms with Gasteiger partial charge < -0.3 is 10.6 Å². The maximum Gasteiger partial charge on any atom is 0.241 e. The largest absolute Gasteiger partial charge is 0.385 e. The fraction of sp³-hybridized carbons (Fsp3) is 0.273. The average molecular weight is 409 g/mol. The number of anilines is 2. The van der Waals surface area contributed by atoms with Gasteiger partial charge in [-0.25, -0.2) is 10.9 Å². The lowest BCUT2D eigenvalue weighted by Gasteiger charge is -2.05. The van der Waals surface area contributed by atoms with Crippen molar-refractivity contribution in [1.29, 1.82) is 0 Å². The minimum absolute atomic E-state index is 0.217. The fourth-order valence-electron chi connectivity index (χ4n) is 2.38. The summed E-state index contributed by atoms with van der Waals surface area (Å²) in [6, 6.07) is 15.9. The van der Waals surface area contributed by atoms with Gasteiger partial charge in [-0.1, -0.05) is 35.4 Å². The number of carbonyl (C=O) groups is 2. The van der Waals surface area contributed by atoms with Crippen LogP contribution in [0.5, 0.6) is 0 Å². The fourth-order valence-corrected chi connectivity index (χ4v) is 2.38. The van der Waals surface area contributed by atoms with E-state index >= 15 is 0 Å². The van der Waals surface area contributed by atoms with Gasteiger partial charge in [0.1, 0.15) is 0 Å². The number of benzene rings is 2. The number of hydrazone groups is 2. The zero-order valence-electron chi connectivity index (χ0n) is 17.3. The summed E-state index contributed by atoms with van der Waals surface area (Å²) in [6.45, 7) is 5.05. The summed E-state index contributed by atoms with van der Waals surface area (Å²) >= 11 is 0. The molecule has 0 fully saturated rings. The van der Waals surface area contributed by atoms with Crippen LogP contribution in [0.1, 0.15) is 24.0 Å². The SMILES string of the molecule is Cc1ccc(NCCC(=O)N/N=C/C=N/NC(=O)CCNc2ccc(C)cc2)cc1. The van der Waals surface area contributed by atoms with Gasteiger partial charge in [0.05, 0.1) is 12.4 Å². The maximum absolute atomic E-state index is 11.7. The number of nitrogens with zero attached hydrogens (tertiary/aromatic N) is 2. The number of hydrogen-bond acceptors (Lipinski definition) is 6. The van der Waals surface area contributed by atoms with Crippen molar-refractivity contribution in [2.75, 3.05) is 23.7 Å². The van der Waals surface area contributed by atoms with Gasteiger partial charge in [-0.15, -0.1) is 0 Å². The zero-order valence-corrected chi connectivity index (χ0v) is 17.3. The molecule has 2 aromatic rings. The van der Waals surface area contributed by atoms with Gasteiger partial charge in [-0.05, 0) is 38.1 Å². The molecule has 0 spiro atoms. The molecule has 0 atom stereocenters. The number of amides is 2. The van der Waals surface area contributed by atoms with Gasteiger partial charge >= 0.3 is 0 Å². The Balaban J connectivity index is 1.52. The lowest BCUT2D eigenvalue weighted by Crippen LogP contribution is -2.21. The van der Waals surface area contributed by atoms with E-state index in [1.54, 1.807) is 0 Å². The molecule has 158 valence electrons. The molecule has 30 heavy (non-hydrogen) atoms. The van der Waals surface area contributed by atoms with Crippen LogP contribution < -0.4 is 21.5 Å². The maximum atomic E-state index is 11.7. The summed E-state index contributed by atoms with van der Waals surface area (Å²) in [5, 5.41) is 13.8. The summed E-state index contributed by atoms with van der Waals surface area (Å²) in [5.74, 6) is -0.434. The Morgan fingerprint density at radius 2 is 1.07 bits per heavy atom. The molecule has 0 aliphatic heterocycles. The highest BCUT2D eigenvalue weighted by atomic mass is 16.2. The van der Waals surface area contributed by atoms with Crippen molar-refractivity contribution in [1.82, 2.24) is 10.9 Å². The molecule has 8 nitrogen and oxygen atoms in total. The third-order valence-corrected chi connectivity index (χ3v) is 4.06. The second-order valence-corrected chi connectivity index (χ2v) is 6.71. The summed E-state index contributed by atoms with van der Waals surface area (Å²) < 4.78 is 0. The number of carbonyl (C=O) groups excluding carboxylic acids is 2. The van der Waals surface area contributed by atoms with Gasteiger partial charge in [0.2, 0.25) is 11.8 Å². The number of nitrogens with one attached hydrogen (secondary N) is 4. The minimum Gasteiger partial charge on any atom is -0.385 e. The van der Waals surface area contributed by atoms with E-state index < -0.39 is 0 Å². The van der Waals surface area contributed by atoms with E-state index in [0.29, 0.717) is 13.1 Å². The molecule has 0 aromatic heterocycles. The quantitative estimate of drug-likeness (QED) is 0.339. The predicted octanol–water partition coefficient (Wildman–Crippen LogP) is 2.81. The lowest BCUT2D eigenvalue weighted by molar-refractivity contribution is -0.121. The van der Waals surface area contributed by atoms with Gasteiger partial charge in [0.15, 0.2) is 0 Å². The Labute approximate surface area is 176 Å². The van der Waals surface area contributed by atoms with Crippen LogP contribution in [-0.2, 0) is 9.59 Å². The molecule has 0 unspecified atom stereocenters. The third-order valence-electron chi connectivity index (χ3n) is 4.06. The first-order valence-electron chi connectivity index (χ1n) is 9.76. The van der Waals surface area contributed by atoms with Crippen molar-refractivity contribution in [3.05, 3.63) is 59.7 Å². The second-order valence-electron chi connectivity index (χ2n) is 6.71. The van der Waals surface area contributed by atoms with Crippen LogP contribution in [0.4, 0.5) is 11.4 Å². The average Bonchev–Trinajstić information content (AvgIpc) is 2.73. The molecular weight excluding hydrogens is 380 g/mol. The number of hydrogen-bond donors (Lipinski definition) is 4. The van der Waals surface area contributed by atoms with Crippen LogP contribution in [-0.4, -0.2) is 37.3 Å². The Hall–Kier alpha value is -3.68. The van der Waals surface area contributed by atoms with Gasteiger partial charge in [0, 0.05) is 37.3 Å². The smallest absolute Gasteiger partial charge is 0.241 e. The second kappa shape index (κ2) is 12.7. The minimum atomic E-state index is -0.217. The third kappa shape index (κ3) is 9.50. The Morgan fingerprint density at radius 3 is 1.43 bits per heavy atom.